The van der Waals surface area contributed by atoms with Crippen LogP contribution >= 0.6 is 0 Å². The zero-order chi connectivity index (χ0) is 13.8. The van der Waals surface area contributed by atoms with E-state index in [9.17, 15) is 10.1 Å². The third-order valence-electron chi connectivity index (χ3n) is 4.30. The first-order valence-electron chi connectivity index (χ1n) is 6.70. The van der Waals surface area contributed by atoms with Gasteiger partial charge in [-0.05, 0) is 44.9 Å². The van der Waals surface area contributed by atoms with Crippen molar-refractivity contribution in [2.45, 2.75) is 64.0 Å². The Morgan fingerprint density at radius 1 is 1.56 bits per heavy atom. The van der Waals surface area contributed by atoms with Crippen molar-refractivity contribution < 1.29 is 9.53 Å². The van der Waals surface area contributed by atoms with E-state index < -0.39 is 11.1 Å². The van der Waals surface area contributed by atoms with E-state index in [2.05, 4.69) is 18.3 Å². The highest BCUT2D eigenvalue weighted by atomic mass is 16.5. The van der Waals surface area contributed by atoms with E-state index in [1.807, 2.05) is 6.92 Å². The number of amides is 1. The van der Waals surface area contributed by atoms with Crippen LogP contribution in [0.25, 0.3) is 0 Å². The Kier molecular flexibility index (Phi) is 4.75. The van der Waals surface area contributed by atoms with E-state index in [0.29, 0.717) is 12.3 Å². The van der Waals surface area contributed by atoms with Crippen LogP contribution in [0.2, 0.25) is 0 Å². The average Bonchev–Trinajstić information content (AvgIpc) is 2.40. The fourth-order valence-corrected chi connectivity index (χ4v) is 2.27. The van der Waals surface area contributed by atoms with Gasteiger partial charge in [-0.1, -0.05) is 13.8 Å². The summed E-state index contributed by atoms with van der Waals surface area (Å²) in [6, 6.07) is 2.30. The number of rotatable bonds is 4. The van der Waals surface area contributed by atoms with Crippen LogP contribution in [0.3, 0.4) is 0 Å². The van der Waals surface area contributed by atoms with Crippen LogP contribution in [-0.2, 0) is 9.53 Å². The van der Waals surface area contributed by atoms with Gasteiger partial charge in [-0.3, -0.25) is 4.79 Å². The summed E-state index contributed by atoms with van der Waals surface area (Å²) in [6.07, 6.45) is 4.04. The largest absolute Gasteiger partial charge is 0.369 e. The molecule has 1 amide bonds. The summed E-state index contributed by atoms with van der Waals surface area (Å²) in [5.74, 6) is 0.465. The van der Waals surface area contributed by atoms with Gasteiger partial charge in [0.1, 0.15) is 11.1 Å². The molecule has 1 rings (SSSR count). The molecule has 1 fully saturated rings. The summed E-state index contributed by atoms with van der Waals surface area (Å²) < 4.78 is 5.28. The minimum atomic E-state index is -0.840. The predicted molar refractivity (Wildman–Crippen MR) is 69.8 cm³/mol. The van der Waals surface area contributed by atoms with E-state index in [-0.39, 0.29) is 5.91 Å². The average molecular weight is 252 g/mol. The van der Waals surface area contributed by atoms with Crippen LogP contribution in [-0.4, -0.2) is 24.2 Å². The molecule has 0 aromatic carbocycles. The molecule has 0 saturated heterocycles. The van der Waals surface area contributed by atoms with Gasteiger partial charge in [0.15, 0.2) is 0 Å². The number of carbonyl (C=O) groups is 1. The second kappa shape index (κ2) is 5.71. The highest BCUT2D eigenvalue weighted by Gasteiger charge is 2.40. The number of nitriles is 1. The number of nitrogens with zero attached hydrogens (tertiary/aromatic N) is 1. The molecule has 1 aliphatic rings. The van der Waals surface area contributed by atoms with Crippen molar-refractivity contribution in [3.05, 3.63) is 0 Å². The van der Waals surface area contributed by atoms with Gasteiger partial charge >= 0.3 is 0 Å². The van der Waals surface area contributed by atoms with Crippen molar-refractivity contribution in [1.29, 1.82) is 5.26 Å². The molecule has 0 aromatic heterocycles. The van der Waals surface area contributed by atoms with E-state index in [1.54, 1.807) is 6.92 Å². The lowest BCUT2D eigenvalue weighted by molar-refractivity contribution is -0.143. The maximum absolute atomic E-state index is 12.3. The normalized spacial score (nSPS) is 31.2. The maximum Gasteiger partial charge on any atom is 0.253 e. The molecule has 0 aromatic rings. The van der Waals surface area contributed by atoms with Crippen LogP contribution in [0.4, 0.5) is 0 Å². The van der Waals surface area contributed by atoms with Gasteiger partial charge in [-0.15, -0.1) is 0 Å². The van der Waals surface area contributed by atoms with Gasteiger partial charge in [0.2, 0.25) is 0 Å². The SMILES string of the molecule is CCC(C)(OC)C(=O)NC1(C#N)CCC(C)CC1. The summed E-state index contributed by atoms with van der Waals surface area (Å²) in [6.45, 7) is 5.86. The fraction of sp³-hybridized carbons (Fsp3) is 0.857. The first-order valence-corrected chi connectivity index (χ1v) is 6.70. The van der Waals surface area contributed by atoms with Crippen molar-refractivity contribution >= 4 is 5.91 Å². The van der Waals surface area contributed by atoms with Crippen molar-refractivity contribution in [2.24, 2.45) is 5.92 Å². The van der Waals surface area contributed by atoms with Crippen LogP contribution in [0.5, 0.6) is 0 Å². The van der Waals surface area contributed by atoms with Gasteiger partial charge in [0.25, 0.3) is 5.91 Å². The first-order chi connectivity index (χ1) is 8.41. The lowest BCUT2D eigenvalue weighted by atomic mass is 9.77. The number of nitrogens with one attached hydrogen (secondary N) is 1. The Hall–Kier alpha value is -1.08. The molecule has 4 heteroatoms. The standard InChI is InChI=1S/C14H24N2O2/c1-5-13(3,18-4)12(17)16-14(10-15)8-6-11(2)7-9-14/h11H,5-9H2,1-4H3,(H,16,17). The Morgan fingerprint density at radius 3 is 2.50 bits per heavy atom. The summed E-state index contributed by atoms with van der Waals surface area (Å²) in [4.78, 5) is 12.3. The molecule has 1 unspecified atom stereocenters. The first kappa shape index (κ1) is 15.0. The minimum absolute atomic E-state index is 0.177. The zero-order valence-corrected chi connectivity index (χ0v) is 11.9. The predicted octanol–water partition coefficient (Wildman–Crippen LogP) is 2.39. The van der Waals surface area contributed by atoms with E-state index in [4.69, 9.17) is 4.74 Å². The number of ether oxygens (including phenoxy) is 1. The van der Waals surface area contributed by atoms with E-state index in [0.717, 1.165) is 25.7 Å². The molecule has 1 saturated carbocycles. The second-order valence-electron chi connectivity index (χ2n) is 5.62. The Labute approximate surface area is 110 Å². The molecule has 1 N–H and O–H groups in total. The van der Waals surface area contributed by atoms with Gasteiger partial charge < -0.3 is 10.1 Å². The van der Waals surface area contributed by atoms with E-state index >= 15 is 0 Å². The van der Waals surface area contributed by atoms with Crippen LogP contribution in [0.15, 0.2) is 0 Å². The quantitative estimate of drug-likeness (QED) is 0.835. The van der Waals surface area contributed by atoms with Gasteiger partial charge in [0, 0.05) is 7.11 Å². The lowest BCUT2D eigenvalue weighted by Crippen LogP contribution is -2.56. The smallest absolute Gasteiger partial charge is 0.253 e. The zero-order valence-electron chi connectivity index (χ0n) is 11.9. The van der Waals surface area contributed by atoms with Crippen molar-refractivity contribution in [1.82, 2.24) is 5.32 Å². The monoisotopic (exact) mass is 252 g/mol. The van der Waals surface area contributed by atoms with Crippen molar-refractivity contribution in [3.63, 3.8) is 0 Å². The molecule has 102 valence electrons. The molecule has 0 bridgehead atoms. The molecular weight excluding hydrogens is 228 g/mol. The van der Waals surface area contributed by atoms with Crippen LogP contribution in [0.1, 0.15) is 52.9 Å². The maximum atomic E-state index is 12.3. The minimum Gasteiger partial charge on any atom is -0.369 e. The lowest BCUT2D eigenvalue weighted by Gasteiger charge is -2.37. The Morgan fingerprint density at radius 2 is 2.11 bits per heavy atom. The van der Waals surface area contributed by atoms with Gasteiger partial charge in [-0.25, -0.2) is 0 Å². The van der Waals surface area contributed by atoms with E-state index in [1.165, 1.54) is 7.11 Å². The topological polar surface area (TPSA) is 62.1 Å². The highest BCUT2D eigenvalue weighted by Crippen LogP contribution is 2.32. The fourth-order valence-electron chi connectivity index (χ4n) is 2.27. The number of carbonyl (C=O) groups excluding carboxylic acids is 1. The molecule has 0 spiro atoms. The Balaban J connectivity index is 2.75. The number of hydrogen-bond donors (Lipinski definition) is 1. The molecule has 0 heterocycles. The molecule has 1 aliphatic carbocycles. The third kappa shape index (κ3) is 3.02. The summed E-state index contributed by atoms with van der Waals surface area (Å²) >= 11 is 0. The molecule has 0 aliphatic heterocycles. The summed E-state index contributed by atoms with van der Waals surface area (Å²) in [5, 5.41) is 12.3. The molecular formula is C14H24N2O2. The van der Waals surface area contributed by atoms with Crippen LogP contribution < -0.4 is 5.32 Å². The van der Waals surface area contributed by atoms with Gasteiger partial charge in [-0.2, -0.15) is 5.26 Å². The molecule has 4 nitrogen and oxygen atoms in total. The molecule has 18 heavy (non-hydrogen) atoms. The van der Waals surface area contributed by atoms with Crippen molar-refractivity contribution in [3.8, 4) is 6.07 Å². The summed E-state index contributed by atoms with van der Waals surface area (Å²) in [7, 11) is 1.53. The Bertz CT molecular complexity index is 334. The summed E-state index contributed by atoms with van der Waals surface area (Å²) in [5.41, 5.74) is -1.54. The van der Waals surface area contributed by atoms with Gasteiger partial charge in [0.05, 0.1) is 6.07 Å². The molecule has 1 atom stereocenters. The highest BCUT2D eigenvalue weighted by molar-refractivity contribution is 5.85. The third-order valence-corrected chi connectivity index (χ3v) is 4.30. The van der Waals surface area contributed by atoms with Crippen molar-refractivity contribution in [2.75, 3.05) is 7.11 Å². The number of methoxy groups -OCH3 is 1. The number of hydrogen-bond acceptors (Lipinski definition) is 3. The van der Waals surface area contributed by atoms with Crippen LogP contribution in [0, 0.1) is 17.2 Å². The molecule has 0 radical (unpaired) electrons. The second-order valence-corrected chi connectivity index (χ2v) is 5.62.